The Bertz CT molecular complexity index is 622. The van der Waals surface area contributed by atoms with E-state index in [0.717, 1.165) is 6.07 Å². The standard InChI is InChI=1S/C12H10BrF2N3O/c1-6-11(16-2)17-5-18-12(6)19-9-4-7(13)3-8(14)10(9)15/h3-5H,1-2H3,(H,16,17,18). The van der Waals surface area contributed by atoms with Crippen molar-refractivity contribution in [3.8, 4) is 11.6 Å². The maximum Gasteiger partial charge on any atom is 0.227 e. The van der Waals surface area contributed by atoms with Crippen LogP contribution < -0.4 is 10.1 Å². The summed E-state index contributed by atoms with van der Waals surface area (Å²) < 4.78 is 32.5. The zero-order valence-electron chi connectivity index (χ0n) is 10.2. The van der Waals surface area contributed by atoms with E-state index >= 15 is 0 Å². The highest BCUT2D eigenvalue weighted by atomic mass is 79.9. The first-order valence-corrected chi connectivity index (χ1v) is 6.14. The van der Waals surface area contributed by atoms with E-state index in [0.29, 0.717) is 15.9 Å². The molecular weight excluding hydrogens is 320 g/mol. The van der Waals surface area contributed by atoms with Gasteiger partial charge in [0, 0.05) is 11.5 Å². The molecular formula is C12H10BrF2N3O. The molecule has 0 amide bonds. The second-order valence-electron chi connectivity index (χ2n) is 3.70. The number of hydrogen-bond acceptors (Lipinski definition) is 4. The van der Waals surface area contributed by atoms with E-state index in [1.54, 1.807) is 14.0 Å². The number of nitrogens with one attached hydrogen (secondary N) is 1. The summed E-state index contributed by atoms with van der Waals surface area (Å²) in [6, 6.07) is 2.35. The van der Waals surface area contributed by atoms with Crippen LogP contribution in [0.5, 0.6) is 11.6 Å². The van der Waals surface area contributed by atoms with E-state index in [9.17, 15) is 8.78 Å². The number of aromatic nitrogens is 2. The van der Waals surface area contributed by atoms with Gasteiger partial charge in [-0.1, -0.05) is 15.9 Å². The van der Waals surface area contributed by atoms with Crippen LogP contribution in [0.25, 0.3) is 0 Å². The van der Waals surface area contributed by atoms with E-state index in [1.165, 1.54) is 12.4 Å². The number of hydrogen-bond donors (Lipinski definition) is 1. The van der Waals surface area contributed by atoms with Gasteiger partial charge in [-0.15, -0.1) is 0 Å². The monoisotopic (exact) mass is 329 g/mol. The molecule has 1 aromatic heterocycles. The molecule has 0 aliphatic carbocycles. The Labute approximate surface area is 117 Å². The van der Waals surface area contributed by atoms with Crippen molar-refractivity contribution < 1.29 is 13.5 Å². The molecule has 0 fully saturated rings. The molecule has 4 nitrogen and oxygen atoms in total. The highest BCUT2D eigenvalue weighted by Gasteiger charge is 2.15. The number of ether oxygens (including phenoxy) is 1. The van der Waals surface area contributed by atoms with E-state index in [2.05, 4.69) is 31.2 Å². The van der Waals surface area contributed by atoms with Crippen LogP contribution in [0.2, 0.25) is 0 Å². The fourth-order valence-corrected chi connectivity index (χ4v) is 1.91. The quantitative estimate of drug-likeness (QED) is 0.873. The van der Waals surface area contributed by atoms with Crippen molar-refractivity contribution in [3.63, 3.8) is 0 Å². The smallest absolute Gasteiger partial charge is 0.227 e. The molecule has 0 radical (unpaired) electrons. The molecule has 0 aliphatic rings. The van der Waals surface area contributed by atoms with E-state index in [-0.39, 0.29) is 11.6 Å². The third-order valence-corrected chi connectivity index (χ3v) is 2.90. The predicted octanol–water partition coefficient (Wildman–Crippen LogP) is 3.66. The van der Waals surface area contributed by atoms with Gasteiger partial charge in [0.2, 0.25) is 11.7 Å². The van der Waals surface area contributed by atoms with Gasteiger partial charge in [-0.05, 0) is 19.1 Å². The first-order chi connectivity index (χ1) is 9.02. The molecule has 1 heterocycles. The predicted molar refractivity (Wildman–Crippen MR) is 70.4 cm³/mol. The molecule has 100 valence electrons. The average Bonchev–Trinajstić information content (AvgIpc) is 2.37. The van der Waals surface area contributed by atoms with Crippen molar-refractivity contribution in [1.29, 1.82) is 0 Å². The Kier molecular flexibility index (Phi) is 3.94. The lowest BCUT2D eigenvalue weighted by molar-refractivity contribution is 0.402. The van der Waals surface area contributed by atoms with E-state index in [1.807, 2.05) is 0 Å². The highest BCUT2D eigenvalue weighted by molar-refractivity contribution is 9.10. The van der Waals surface area contributed by atoms with Crippen LogP contribution in [0, 0.1) is 18.6 Å². The Morgan fingerprint density at radius 3 is 2.68 bits per heavy atom. The molecule has 0 saturated heterocycles. The fraction of sp³-hybridized carbons (Fsp3) is 0.167. The lowest BCUT2D eigenvalue weighted by atomic mass is 10.3. The summed E-state index contributed by atoms with van der Waals surface area (Å²) in [5.74, 6) is -1.58. The normalized spacial score (nSPS) is 10.4. The average molecular weight is 330 g/mol. The zero-order valence-corrected chi connectivity index (χ0v) is 11.8. The Morgan fingerprint density at radius 1 is 1.26 bits per heavy atom. The van der Waals surface area contributed by atoms with Crippen LogP contribution in [0.15, 0.2) is 22.9 Å². The lowest BCUT2D eigenvalue weighted by Crippen LogP contribution is -2.01. The van der Waals surface area contributed by atoms with Crippen molar-refractivity contribution in [3.05, 3.63) is 40.1 Å². The van der Waals surface area contributed by atoms with Gasteiger partial charge in [-0.25, -0.2) is 14.4 Å². The van der Waals surface area contributed by atoms with Gasteiger partial charge < -0.3 is 10.1 Å². The van der Waals surface area contributed by atoms with Crippen LogP contribution >= 0.6 is 15.9 Å². The number of anilines is 1. The second kappa shape index (κ2) is 5.48. The molecule has 0 bridgehead atoms. The summed E-state index contributed by atoms with van der Waals surface area (Å²) in [6.07, 6.45) is 1.28. The molecule has 7 heteroatoms. The third-order valence-electron chi connectivity index (χ3n) is 2.44. The second-order valence-corrected chi connectivity index (χ2v) is 4.62. The van der Waals surface area contributed by atoms with E-state index in [4.69, 9.17) is 4.74 Å². The summed E-state index contributed by atoms with van der Waals surface area (Å²) in [5.41, 5.74) is 0.602. The maximum atomic E-state index is 13.6. The van der Waals surface area contributed by atoms with Crippen molar-refractivity contribution in [2.75, 3.05) is 12.4 Å². The SMILES string of the molecule is CNc1ncnc(Oc2cc(Br)cc(F)c2F)c1C. The minimum atomic E-state index is -1.06. The minimum Gasteiger partial charge on any atom is -0.435 e. The molecule has 0 saturated carbocycles. The fourth-order valence-electron chi connectivity index (χ4n) is 1.50. The van der Waals surface area contributed by atoms with Crippen molar-refractivity contribution in [2.24, 2.45) is 0 Å². The Balaban J connectivity index is 2.42. The van der Waals surface area contributed by atoms with Gasteiger partial charge in [-0.3, -0.25) is 0 Å². The molecule has 0 atom stereocenters. The first kappa shape index (κ1) is 13.7. The summed E-state index contributed by atoms with van der Waals surface area (Å²) in [4.78, 5) is 7.88. The Hall–Kier alpha value is -1.76. The molecule has 19 heavy (non-hydrogen) atoms. The topological polar surface area (TPSA) is 47.0 Å². The van der Waals surface area contributed by atoms with Crippen molar-refractivity contribution in [2.45, 2.75) is 6.92 Å². The molecule has 0 aliphatic heterocycles. The summed E-state index contributed by atoms with van der Waals surface area (Å²) in [5, 5.41) is 2.85. The Morgan fingerprint density at radius 2 is 2.00 bits per heavy atom. The molecule has 2 aromatic rings. The van der Waals surface area contributed by atoms with Crippen LogP contribution in [-0.4, -0.2) is 17.0 Å². The van der Waals surface area contributed by atoms with Gasteiger partial charge in [0.25, 0.3) is 0 Å². The van der Waals surface area contributed by atoms with Crippen LogP contribution in [0.3, 0.4) is 0 Å². The maximum absolute atomic E-state index is 13.6. The summed E-state index contributed by atoms with van der Waals surface area (Å²) in [6.45, 7) is 1.72. The highest BCUT2D eigenvalue weighted by Crippen LogP contribution is 2.31. The summed E-state index contributed by atoms with van der Waals surface area (Å²) >= 11 is 3.08. The molecule has 1 aromatic carbocycles. The van der Waals surface area contributed by atoms with Gasteiger partial charge in [0.15, 0.2) is 11.6 Å². The van der Waals surface area contributed by atoms with Gasteiger partial charge in [0.05, 0.1) is 5.56 Å². The molecule has 0 spiro atoms. The van der Waals surface area contributed by atoms with Crippen LogP contribution in [0.4, 0.5) is 14.6 Å². The largest absolute Gasteiger partial charge is 0.435 e. The van der Waals surface area contributed by atoms with Gasteiger partial charge >= 0.3 is 0 Å². The lowest BCUT2D eigenvalue weighted by Gasteiger charge is -2.11. The molecule has 1 N–H and O–H groups in total. The van der Waals surface area contributed by atoms with Crippen LogP contribution in [0.1, 0.15) is 5.56 Å². The minimum absolute atomic E-state index is 0.163. The summed E-state index contributed by atoms with van der Waals surface area (Å²) in [7, 11) is 1.69. The van der Waals surface area contributed by atoms with Crippen molar-refractivity contribution >= 4 is 21.7 Å². The molecule has 2 rings (SSSR count). The van der Waals surface area contributed by atoms with Gasteiger partial charge in [-0.2, -0.15) is 4.39 Å². The van der Waals surface area contributed by atoms with Gasteiger partial charge in [0.1, 0.15) is 12.1 Å². The number of rotatable bonds is 3. The van der Waals surface area contributed by atoms with Crippen molar-refractivity contribution in [1.82, 2.24) is 9.97 Å². The third kappa shape index (κ3) is 2.81. The molecule has 0 unspecified atom stereocenters. The van der Waals surface area contributed by atoms with Crippen LogP contribution in [-0.2, 0) is 0 Å². The first-order valence-electron chi connectivity index (χ1n) is 5.34. The van der Waals surface area contributed by atoms with E-state index < -0.39 is 11.6 Å². The number of benzene rings is 1. The number of halogens is 3. The number of nitrogens with zero attached hydrogens (tertiary/aromatic N) is 2. The zero-order chi connectivity index (χ0) is 14.0.